The molecule has 1 aliphatic rings. The van der Waals surface area contributed by atoms with Crippen molar-refractivity contribution >= 4 is 5.97 Å². The van der Waals surface area contributed by atoms with Gasteiger partial charge in [0.25, 0.3) is 0 Å². The molecule has 7 heteroatoms. The number of carbonyl (C=O) groups excluding carboxylic acids is 1. The van der Waals surface area contributed by atoms with E-state index in [4.69, 9.17) is 9.47 Å². The molecule has 196 valence electrons. The number of hydrogen-bond acceptors (Lipinski definition) is 3. The molecule has 0 saturated heterocycles. The zero-order valence-corrected chi connectivity index (χ0v) is 21.0. The summed E-state index contributed by atoms with van der Waals surface area (Å²) in [7, 11) is 0. The van der Waals surface area contributed by atoms with Crippen LogP contribution in [0.3, 0.4) is 0 Å². The number of carbonyl (C=O) groups is 1. The van der Waals surface area contributed by atoms with Crippen molar-refractivity contribution in [2.75, 3.05) is 6.61 Å². The van der Waals surface area contributed by atoms with Crippen LogP contribution in [0.2, 0.25) is 0 Å². The van der Waals surface area contributed by atoms with Gasteiger partial charge in [-0.15, -0.1) is 0 Å². The smallest absolute Gasteiger partial charge is 0.314 e. The molecule has 0 aromatic heterocycles. The summed E-state index contributed by atoms with van der Waals surface area (Å²) < 4.78 is 69.0. The van der Waals surface area contributed by atoms with Crippen molar-refractivity contribution in [3.05, 3.63) is 82.9 Å². The molecule has 37 heavy (non-hydrogen) atoms. The molecule has 3 aromatic carbocycles. The van der Waals surface area contributed by atoms with E-state index in [1.54, 1.807) is 24.3 Å². The van der Waals surface area contributed by atoms with Gasteiger partial charge >= 0.3 is 5.97 Å². The van der Waals surface area contributed by atoms with E-state index in [0.717, 1.165) is 12.0 Å². The fraction of sp³-hybridized carbons (Fsp3) is 0.367. The largest absolute Gasteiger partial charge is 0.490 e. The molecule has 0 bridgehead atoms. The van der Waals surface area contributed by atoms with Crippen molar-refractivity contribution in [1.82, 2.24) is 0 Å². The molecule has 4 rings (SSSR count). The highest BCUT2D eigenvalue weighted by atomic mass is 19.2. The van der Waals surface area contributed by atoms with Gasteiger partial charge < -0.3 is 9.47 Å². The zero-order chi connectivity index (χ0) is 26.5. The van der Waals surface area contributed by atoms with Gasteiger partial charge in [-0.2, -0.15) is 8.78 Å². The lowest BCUT2D eigenvalue weighted by molar-refractivity contribution is -0.140. The van der Waals surface area contributed by atoms with Crippen molar-refractivity contribution in [3.63, 3.8) is 0 Å². The minimum Gasteiger partial charge on any atom is -0.490 e. The molecule has 1 aliphatic carbocycles. The number of ether oxygens (including phenoxy) is 2. The minimum absolute atomic E-state index is 0.203. The Labute approximate surface area is 214 Å². The predicted molar refractivity (Wildman–Crippen MR) is 134 cm³/mol. The molecule has 0 spiro atoms. The van der Waals surface area contributed by atoms with Gasteiger partial charge in [-0.05, 0) is 68.2 Å². The Morgan fingerprint density at radius 3 is 2.14 bits per heavy atom. The quantitative estimate of drug-likeness (QED) is 0.131. The van der Waals surface area contributed by atoms with Crippen molar-refractivity contribution in [2.24, 2.45) is 5.92 Å². The average molecular weight is 515 g/mol. The number of esters is 1. The summed E-state index contributed by atoms with van der Waals surface area (Å²) in [4.78, 5) is 12.6. The molecule has 1 fully saturated rings. The number of halogens is 4. The van der Waals surface area contributed by atoms with E-state index in [1.807, 2.05) is 26.0 Å². The van der Waals surface area contributed by atoms with Gasteiger partial charge in [-0.3, -0.25) is 4.79 Å². The maximum atomic E-state index is 15.0. The molecule has 0 atom stereocenters. The van der Waals surface area contributed by atoms with Crippen molar-refractivity contribution in [1.29, 1.82) is 0 Å². The highest BCUT2D eigenvalue weighted by Gasteiger charge is 2.31. The van der Waals surface area contributed by atoms with E-state index in [0.29, 0.717) is 37.7 Å². The van der Waals surface area contributed by atoms with Gasteiger partial charge in [0, 0.05) is 5.56 Å². The number of unbranched alkanes of at least 4 members (excludes halogenated alkanes) is 1. The van der Waals surface area contributed by atoms with Crippen LogP contribution in [0.25, 0.3) is 11.1 Å². The topological polar surface area (TPSA) is 35.5 Å². The minimum atomic E-state index is -1.28. The van der Waals surface area contributed by atoms with Crippen LogP contribution in [0.4, 0.5) is 17.6 Å². The van der Waals surface area contributed by atoms with Gasteiger partial charge in [0.2, 0.25) is 11.6 Å². The molecule has 0 heterocycles. The van der Waals surface area contributed by atoms with Crippen LogP contribution >= 0.6 is 0 Å². The Morgan fingerprint density at radius 2 is 1.46 bits per heavy atom. The Bertz CT molecular complexity index is 1250. The van der Waals surface area contributed by atoms with Crippen LogP contribution in [-0.2, 0) is 4.79 Å². The maximum absolute atomic E-state index is 15.0. The van der Waals surface area contributed by atoms with Crippen LogP contribution < -0.4 is 9.47 Å². The van der Waals surface area contributed by atoms with E-state index < -0.39 is 40.9 Å². The molecular formula is C30H30F4O3. The van der Waals surface area contributed by atoms with Gasteiger partial charge in [-0.1, -0.05) is 55.3 Å². The standard InChI is InChI=1S/C30H30F4O3/c1-3-4-17-36-24-15-16-25(29(34)28(24)33)37-30(35)21-11-9-20(10-12-21)23-14-13-22(26(31)27(23)32)19-7-5-18(2)6-8-19/h5-8,13-16,20-21H,3-4,9-12,17H2,1-2H3. The van der Waals surface area contributed by atoms with Crippen molar-refractivity contribution < 1.29 is 31.8 Å². The third-order valence-electron chi connectivity index (χ3n) is 6.95. The number of rotatable bonds is 8. The molecule has 0 amide bonds. The molecule has 0 unspecified atom stereocenters. The monoisotopic (exact) mass is 514 g/mol. The summed E-state index contributed by atoms with van der Waals surface area (Å²) in [6.45, 7) is 4.13. The first-order valence-corrected chi connectivity index (χ1v) is 12.7. The average Bonchev–Trinajstić information content (AvgIpc) is 2.90. The second-order valence-corrected chi connectivity index (χ2v) is 9.56. The van der Waals surface area contributed by atoms with E-state index in [-0.39, 0.29) is 29.4 Å². The van der Waals surface area contributed by atoms with Crippen LogP contribution in [0.5, 0.6) is 11.5 Å². The fourth-order valence-corrected chi connectivity index (χ4v) is 4.70. The Hall–Kier alpha value is -3.35. The first-order valence-electron chi connectivity index (χ1n) is 12.7. The molecule has 3 nitrogen and oxygen atoms in total. The lowest BCUT2D eigenvalue weighted by Crippen LogP contribution is -2.26. The molecule has 3 aromatic rings. The van der Waals surface area contributed by atoms with Crippen molar-refractivity contribution in [2.45, 2.75) is 58.3 Å². The predicted octanol–water partition coefficient (Wildman–Crippen LogP) is 8.28. The summed E-state index contributed by atoms with van der Waals surface area (Å²) in [5.74, 6) is -6.42. The fourth-order valence-electron chi connectivity index (χ4n) is 4.70. The van der Waals surface area contributed by atoms with Gasteiger partial charge in [0.15, 0.2) is 23.1 Å². The van der Waals surface area contributed by atoms with Crippen LogP contribution in [0.15, 0.2) is 48.5 Å². The van der Waals surface area contributed by atoms with E-state index in [1.165, 1.54) is 12.1 Å². The van der Waals surface area contributed by atoms with E-state index in [9.17, 15) is 18.0 Å². The van der Waals surface area contributed by atoms with Gasteiger partial charge in [0.05, 0.1) is 12.5 Å². The van der Waals surface area contributed by atoms with Crippen molar-refractivity contribution in [3.8, 4) is 22.6 Å². The Balaban J connectivity index is 1.38. The lowest BCUT2D eigenvalue weighted by Gasteiger charge is -2.28. The third kappa shape index (κ3) is 5.97. The molecule has 0 radical (unpaired) electrons. The zero-order valence-electron chi connectivity index (χ0n) is 21.0. The van der Waals surface area contributed by atoms with Gasteiger partial charge in [-0.25, -0.2) is 8.78 Å². The highest BCUT2D eigenvalue weighted by molar-refractivity contribution is 5.75. The molecule has 1 saturated carbocycles. The third-order valence-corrected chi connectivity index (χ3v) is 6.95. The summed E-state index contributed by atoms with van der Waals surface area (Å²) in [6, 6.07) is 12.8. The Morgan fingerprint density at radius 1 is 0.811 bits per heavy atom. The highest BCUT2D eigenvalue weighted by Crippen LogP contribution is 2.40. The second kappa shape index (κ2) is 11.8. The first kappa shape index (κ1) is 26.7. The SMILES string of the molecule is CCCCOc1ccc(OC(=O)C2CCC(c3ccc(-c4ccc(C)cc4)c(F)c3F)CC2)c(F)c1F. The van der Waals surface area contributed by atoms with Crippen LogP contribution in [0, 0.1) is 36.1 Å². The summed E-state index contributed by atoms with van der Waals surface area (Å²) in [5, 5.41) is 0. The van der Waals surface area contributed by atoms with E-state index >= 15 is 4.39 Å². The first-order chi connectivity index (χ1) is 17.8. The number of hydrogen-bond donors (Lipinski definition) is 0. The summed E-state index contributed by atoms with van der Waals surface area (Å²) in [5.41, 5.74) is 2.11. The summed E-state index contributed by atoms with van der Waals surface area (Å²) >= 11 is 0. The second-order valence-electron chi connectivity index (χ2n) is 9.56. The van der Waals surface area contributed by atoms with Gasteiger partial charge in [0.1, 0.15) is 0 Å². The molecule has 0 aliphatic heterocycles. The maximum Gasteiger partial charge on any atom is 0.314 e. The number of benzene rings is 3. The number of aryl methyl sites for hydroxylation is 1. The van der Waals surface area contributed by atoms with Crippen LogP contribution in [-0.4, -0.2) is 12.6 Å². The molecule has 0 N–H and O–H groups in total. The molecular weight excluding hydrogens is 484 g/mol. The van der Waals surface area contributed by atoms with Crippen LogP contribution in [0.1, 0.15) is 62.5 Å². The Kier molecular flexibility index (Phi) is 8.52. The normalized spacial score (nSPS) is 17.5. The van der Waals surface area contributed by atoms with E-state index in [2.05, 4.69) is 0 Å². The summed E-state index contributed by atoms with van der Waals surface area (Å²) in [6.07, 6.45) is 3.18. The lowest BCUT2D eigenvalue weighted by atomic mass is 9.78.